The van der Waals surface area contributed by atoms with E-state index < -0.39 is 0 Å². The normalized spacial score (nSPS) is 10.9. The van der Waals surface area contributed by atoms with E-state index in [2.05, 4.69) is 10.5 Å². The number of hydrazone groups is 1. The highest BCUT2D eigenvalue weighted by atomic mass is 16.5. The molecule has 2 aromatic rings. The van der Waals surface area contributed by atoms with Gasteiger partial charge in [-0.05, 0) is 55.8 Å². The molecule has 0 aliphatic heterocycles. The van der Waals surface area contributed by atoms with E-state index in [0.717, 1.165) is 11.3 Å². The molecule has 7 nitrogen and oxygen atoms in total. The summed E-state index contributed by atoms with van der Waals surface area (Å²) in [4.78, 5) is 12.5. The molecule has 144 valence electrons. The van der Waals surface area contributed by atoms with Crippen molar-refractivity contribution in [3.63, 3.8) is 0 Å². The van der Waals surface area contributed by atoms with E-state index in [0.29, 0.717) is 35.1 Å². The fourth-order valence-electron chi connectivity index (χ4n) is 2.43. The fourth-order valence-corrected chi connectivity index (χ4v) is 2.43. The first-order valence-electron chi connectivity index (χ1n) is 8.41. The van der Waals surface area contributed by atoms with Crippen molar-refractivity contribution in [3.8, 4) is 23.0 Å². The second-order valence-corrected chi connectivity index (χ2v) is 5.51. The number of benzene rings is 2. The van der Waals surface area contributed by atoms with E-state index in [1.807, 2.05) is 38.1 Å². The van der Waals surface area contributed by atoms with Crippen LogP contribution in [0, 0.1) is 0 Å². The lowest BCUT2D eigenvalue weighted by Gasteiger charge is -2.13. The summed E-state index contributed by atoms with van der Waals surface area (Å²) < 4.78 is 21.2. The highest BCUT2D eigenvalue weighted by Gasteiger charge is 2.16. The molecule has 0 bridgehead atoms. The zero-order chi connectivity index (χ0) is 19.8. The molecule has 0 fully saturated rings. The molecule has 0 aliphatic carbocycles. The first-order valence-corrected chi connectivity index (χ1v) is 8.41. The number of hydrogen-bond acceptors (Lipinski definition) is 6. The summed E-state index contributed by atoms with van der Waals surface area (Å²) in [5, 5.41) is 4.16. The summed E-state index contributed by atoms with van der Waals surface area (Å²) in [6.45, 7) is 4.35. The number of nitrogens with one attached hydrogen (secondary N) is 1. The Hall–Kier alpha value is -3.22. The molecule has 0 spiro atoms. The summed E-state index contributed by atoms with van der Waals surface area (Å²) in [5.74, 6) is 1.61. The molecule has 0 heterocycles. The van der Waals surface area contributed by atoms with Gasteiger partial charge in [0.2, 0.25) is 5.75 Å². The number of rotatable bonds is 8. The van der Waals surface area contributed by atoms with Crippen molar-refractivity contribution in [2.24, 2.45) is 5.10 Å². The van der Waals surface area contributed by atoms with Gasteiger partial charge in [-0.25, -0.2) is 5.43 Å². The fraction of sp³-hybridized carbons (Fsp3) is 0.300. The number of carbonyl (C=O) groups is 1. The van der Waals surface area contributed by atoms with Gasteiger partial charge in [0, 0.05) is 5.56 Å². The lowest BCUT2D eigenvalue weighted by molar-refractivity contribution is 0.0954. The van der Waals surface area contributed by atoms with Gasteiger partial charge in [-0.3, -0.25) is 4.79 Å². The first-order chi connectivity index (χ1) is 13.0. The standard InChI is InChI=1S/C20H24N2O5/c1-6-27-16-9-7-14(8-10-16)13(2)21-22-20(23)15-11-17(24-3)19(26-5)18(12-15)25-4/h7-12H,6H2,1-5H3,(H,22,23)/b21-13-. The first kappa shape index (κ1) is 20.1. The van der Waals surface area contributed by atoms with Gasteiger partial charge in [0.25, 0.3) is 5.91 Å². The number of ether oxygens (including phenoxy) is 4. The van der Waals surface area contributed by atoms with Gasteiger partial charge in [0.15, 0.2) is 11.5 Å². The van der Waals surface area contributed by atoms with Crippen LogP contribution in [-0.2, 0) is 0 Å². The van der Waals surface area contributed by atoms with E-state index >= 15 is 0 Å². The molecule has 0 radical (unpaired) electrons. The van der Waals surface area contributed by atoms with Crippen LogP contribution in [0.4, 0.5) is 0 Å². The molecule has 1 N–H and O–H groups in total. The van der Waals surface area contributed by atoms with Crippen molar-refractivity contribution in [2.75, 3.05) is 27.9 Å². The van der Waals surface area contributed by atoms with Crippen molar-refractivity contribution in [1.82, 2.24) is 5.43 Å². The molecule has 7 heteroatoms. The smallest absolute Gasteiger partial charge is 0.271 e. The predicted molar refractivity (Wildman–Crippen MR) is 103 cm³/mol. The van der Waals surface area contributed by atoms with Gasteiger partial charge in [-0.2, -0.15) is 5.10 Å². The van der Waals surface area contributed by atoms with Crippen LogP contribution in [0.15, 0.2) is 41.5 Å². The zero-order valence-electron chi connectivity index (χ0n) is 16.2. The van der Waals surface area contributed by atoms with Crippen LogP contribution in [0.1, 0.15) is 29.8 Å². The molecular formula is C20H24N2O5. The Morgan fingerprint density at radius 2 is 1.56 bits per heavy atom. The third-order valence-electron chi connectivity index (χ3n) is 3.84. The minimum absolute atomic E-state index is 0.341. The molecular weight excluding hydrogens is 348 g/mol. The third kappa shape index (κ3) is 4.91. The van der Waals surface area contributed by atoms with Gasteiger partial charge in [-0.15, -0.1) is 0 Å². The Labute approximate surface area is 158 Å². The maximum atomic E-state index is 12.5. The number of carbonyl (C=O) groups excluding carboxylic acids is 1. The van der Waals surface area contributed by atoms with Crippen LogP contribution in [0.5, 0.6) is 23.0 Å². The quantitative estimate of drug-likeness (QED) is 0.568. The Kier molecular flexibility index (Phi) is 7.05. The largest absolute Gasteiger partial charge is 0.494 e. The average molecular weight is 372 g/mol. The molecule has 0 saturated carbocycles. The van der Waals surface area contributed by atoms with Crippen LogP contribution in [0.3, 0.4) is 0 Å². The molecule has 0 atom stereocenters. The van der Waals surface area contributed by atoms with Crippen LogP contribution >= 0.6 is 0 Å². The summed E-state index contributed by atoms with van der Waals surface area (Å²) in [6.07, 6.45) is 0. The molecule has 0 aliphatic rings. The summed E-state index contributed by atoms with van der Waals surface area (Å²) in [7, 11) is 4.49. The van der Waals surface area contributed by atoms with Gasteiger partial charge in [-0.1, -0.05) is 0 Å². The number of methoxy groups -OCH3 is 3. The monoisotopic (exact) mass is 372 g/mol. The zero-order valence-corrected chi connectivity index (χ0v) is 16.2. The van der Waals surface area contributed by atoms with Crippen molar-refractivity contribution < 1.29 is 23.7 Å². The van der Waals surface area contributed by atoms with E-state index in [1.165, 1.54) is 21.3 Å². The van der Waals surface area contributed by atoms with E-state index in [1.54, 1.807) is 12.1 Å². The highest BCUT2D eigenvalue weighted by molar-refractivity contribution is 6.01. The second-order valence-electron chi connectivity index (χ2n) is 5.51. The van der Waals surface area contributed by atoms with Crippen molar-refractivity contribution >= 4 is 11.6 Å². The molecule has 0 saturated heterocycles. The lowest BCUT2D eigenvalue weighted by Crippen LogP contribution is -2.19. The van der Waals surface area contributed by atoms with Crippen molar-refractivity contribution in [2.45, 2.75) is 13.8 Å². The number of nitrogens with zero attached hydrogens (tertiary/aromatic N) is 1. The average Bonchev–Trinajstić information content (AvgIpc) is 2.71. The topological polar surface area (TPSA) is 78.4 Å². The maximum Gasteiger partial charge on any atom is 0.271 e. The molecule has 0 unspecified atom stereocenters. The van der Waals surface area contributed by atoms with Crippen LogP contribution in [-0.4, -0.2) is 39.6 Å². The van der Waals surface area contributed by atoms with Gasteiger partial charge in [0.1, 0.15) is 5.75 Å². The van der Waals surface area contributed by atoms with Gasteiger partial charge in [0.05, 0.1) is 33.6 Å². The summed E-state index contributed by atoms with van der Waals surface area (Å²) in [6, 6.07) is 10.6. The van der Waals surface area contributed by atoms with Crippen LogP contribution < -0.4 is 24.4 Å². The Balaban J connectivity index is 2.17. The molecule has 27 heavy (non-hydrogen) atoms. The highest BCUT2D eigenvalue weighted by Crippen LogP contribution is 2.38. The second kappa shape index (κ2) is 9.47. The maximum absolute atomic E-state index is 12.5. The van der Waals surface area contributed by atoms with Crippen molar-refractivity contribution in [3.05, 3.63) is 47.5 Å². The van der Waals surface area contributed by atoms with E-state index in [-0.39, 0.29) is 5.91 Å². The Morgan fingerprint density at radius 1 is 0.963 bits per heavy atom. The van der Waals surface area contributed by atoms with Crippen LogP contribution in [0.2, 0.25) is 0 Å². The molecule has 1 amide bonds. The molecule has 2 aromatic carbocycles. The SMILES string of the molecule is CCOc1ccc(/C(C)=N\NC(=O)c2cc(OC)c(OC)c(OC)c2)cc1. The minimum Gasteiger partial charge on any atom is -0.494 e. The Morgan fingerprint density at radius 3 is 2.04 bits per heavy atom. The van der Waals surface area contributed by atoms with E-state index in [4.69, 9.17) is 18.9 Å². The van der Waals surface area contributed by atoms with Crippen LogP contribution in [0.25, 0.3) is 0 Å². The Bertz CT molecular complexity index is 791. The number of amides is 1. The van der Waals surface area contributed by atoms with Crippen molar-refractivity contribution in [1.29, 1.82) is 0 Å². The predicted octanol–water partition coefficient (Wildman–Crippen LogP) is 3.27. The molecule has 2 rings (SSSR count). The van der Waals surface area contributed by atoms with E-state index in [9.17, 15) is 4.79 Å². The summed E-state index contributed by atoms with van der Waals surface area (Å²) >= 11 is 0. The lowest BCUT2D eigenvalue weighted by atomic mass is 10.1. The molecule has 0 aromatic heterocycles. The minimum atomic E-state index is -0.389. The van der Waals surface area contributed by atoms with Gasteiger partial charge >= 0.3 is 0 Å². The number of hydrogen-bond donors (Lipinski definition) is 1. The van der Waals surface area contributed by atoms with Gasteiger partial charge < -0.3 is 18.9 Å². The summed E-state index contributed by atoms with van der Waals surface area (Å²) in [5.41, 5.74) is 4.43. The third-order valence-corrected chi connectivity index (χ3v) is 3.84.